The van der Waals surface area contributed by atoms with Gasteiger partial charge in [-0.1, -0.05) is 54.6 Å². The fourth-order valence-electron chi connectivity index (χ4n) is 2.38. The zero-order chi connectivity index (χ0) is 15.5. The van der Waals surface area contributed by atoms with Gasteiger partial charge in [-0.2, -0.15) is 0 Å². The van der Waals surface area contributed by atoms with E-state index in [1.54, 1.807) is 30.3 Å². The SMILES string of the molecule is O=C(O)c1ccc(-c2ccc(-c3ccccc3)c(O)c2)cc1. The third-order valence-corrected chi connectivity index (χ3v) is 3.55. The topological polar surface area (TPSA) is 57.5 Å². The molecule has 22 heavy (non-hydrogen) atoms. The number of benzene rings is 3. The molecule has 3 rings (SSSR count). The second-order valence-electron chi connectivity index (χ2n) is 4.98. The first-order valence-corrected chi connectivity index (χ1v) is 6.87. The van der Waals surface area contributed by atoms with Crippen LogP contribution in [-0.4, -0.2) is 16.2 Å². The zero-order valence-electron chi connectivity index (χ0n) is 11.7. The summed E-state index contributed by atoms with van der Waals surface area (Å²) in [5.41, 5.74) is 3.67. The summed E-state index contributed by atoms with van der Waals surface area (Å²) in [6, 6.07) is 21.7. The number of aromatic carboxylic acids is 1. The summed E-state index contributed by atoms with van der Waals surface area (Å²) in [6.45, 7) is 0. The average Bonchev–Trinajstić information content (AvgIpc) is 2.55. The molecule has 0 heterocycles. The Morgan fingerprint density at radius 1 is 0.727 bits per heavy atom. The van der Waals surface area contributed by atoms with Gasteiger partial charge in [-0.05, 0) is 34.9 Å². The monoisotopic (exact) mass is 290 g/mol. The Kier molecular flexibility index (Phi) is 3.62. The molecule has 0 unspecified atom stereocenters. The van der Waals surface area contributed by atoms with Gasteiger partial charge < -0.3 is 10.2 Å². The van der Waals surface area contributed by atoms with Gasteiger partial charge in [-0.15, -0.1) is 0 Å². The maximum Gasteiger partial charge on any atom is 0.335 e. The third kappa shape index (κ3) is 2.69. The normalized spacial score (nSPS) is 10.4. The quantitative estimate of drug-likeness (QED) is 0.750. The molecule has 0 saturated heterocycles. The first-order valence-electron chi connectivity index (χ1n) is 6.87. The molecule has 3 aromatic rings. The van der Waals surface area contributed by atoms with E-state index in [0.717, 1.165) is 22.3 Å². The molecule has 0 atom stereocenters. The van der Waals surface area contributed by atoms with Crippen molar-refractivity contribution in [1.29, 1.82) is 0 Å². The fraction of sp³-hybridized carbons (Fsp3) is 0. The molecule has 0 amide bonds. The number of carboxylic acids is 1. The van der Waals surface area contributed by atoms with Gasteiger partial charge in [0.05, 0.1) is 5.56 Å². The fourth-order valence-corrected chi connectivity index (χ4v) is 2.38. The van der Waals surface area contributed by atoms with Crippen LogP contribution in [0.25, 0.3) is 22.3 Å². The maximum absolute atomic E-state index is 10.9. The number of hydrogen-bond acceptors (Lipinski definition) is 2. The van der Waals surface area contributed by atoms with Crippen LogP contribution in [0.5, 0.6) is 5.75 Å². The third-order valence-electron chi connectivity index (χ3n) is 3.55. The van der Waals surface area contributed by atoms with Crippen molar-refractivity contribution in [2.75, 3.05) is 0 Å². The smallest absolute Gasteiger partial charge is 0.335 e. The van der Waals surface area contributed by atoms with Crippen LogP contribution in [0.2, 0.25) is 0 Å². The summed E-state index contributed by atoms with van der Waals surface area (Å²) in [6.07, 6.45) is 0. The van der Waals surface area contributed by atoms with Crippen LogP contribution in [0.4, 0.5) is 0 Å². The molecule has 0 aromatic heterocycles. The zero-order valence-corrected chi connectivity index (χ0v) is 11.7. The predicted octanol–water partition coefficient (Wildman–Crippen LogP) is 4.42. The Labute approximate surface area is 128 Å². The highest BCUT2D eigenvalue weighted by Gasteiger charge is 2.07. The van der Waals surface area contributed by atoms with Crippen molar-refractivity contribution >= 4 is 5.97 Å². The first kappa shape index (κ1) is 13.9. The van der Waals surface area contributed by atoms with Crippen LogP contribution >= 0.6 is 0 Å². The Hall–Kier alpha value is -3.07. The summed E-state index contributed by atoms with van der Waals surface area (Å²) in [5, 5.41) is 19.2. The van der Waals surface area contributed by atoms with Crippen molar-refractivity contribution in [1.82, 2.24) is 0 Å². The highest BCUT2D eigenvalue weighted by atomic mass is 16.4. The number of phenols is 1. The van der Waals surface area contributed by atoms with Crippen molar-refractivity contribution in [2.45, 2.75) is 0 Å². The summed E-state index contributed by atoms with van der Waals surface area (Å²) < 4.78 is 0. The van der Waals surface area contributed by atoms with Crippen molar-refractivity contribution in [3.8, 4) is 28.0 Å². The van der Waals surface area contributed by atoms with Gasteiger partial charge in [0.15, 0.2) is 0 Å². The van der Waals surface area contributed by atoms with Gasteiger partial charge in [-0.3, -0.25) is 0 Å². The standard InChI is InChI=1S/C19H14O3/c20-18-12-16(13-6-8-15(9-7-13)19(21)22)10-11-17(18)14-4-2-1-3-5-14/h1-12,20H,(H,21,22). The Bertz CT molecular complexity index is 806. The molecule has 0 aliphatic rings. The molecule has 0 fully saturated rings. The van der Waals surface area contributed by atoms with Crippen molar-refractivity contribution in [2.24, 2.45) is 0 Å². The number of aromatic hydroxyl groups is 1. The molecule has 3 nitrogen and oxygen atoms in total. The number of carboxylic acid groups (broad SMARTS) is 1. The lowest BCUT2D eigenvalue weighted by Gasteiger charge is -2.08. The van der Waals surface area contributed by atoms with E-state index in [-0.39, 0.29) is 11.3 Å². The minimum Gasteiger partial charge on any atom is -0.507 e. The van der Waals surface area contributed by atoms with Crippen LogP contribution < -0.4 is 0 Å². The number of carbonyl (C=O) groups is 1. The molecule has 0 radical (unpaired) electrons. The van der Waals surface area contributed by atoms with Crippen molar-refractivity contribution < 1.29 is 15.0 Å². The van der Waals surface area contributed by atoms with E-state index in [0.29, 0.717) is 0 Å². The molecule has 3 heteroatoms. The molecule has 108 valence electrons. The van der Waals surface area contributed by atoms with Crippen LogP contribution in [-0.2, 0) is 0 Å². The van der Waals surface area contributed by atoms with E-state index in [4.69, 9.17) is 5.11 Å². The van der Waals surface area contributed by atoms with Gasteiger partial charge in [0.1, 0.15) is 5.75 Å². The number of hydrogen-bond donors (Lipinski definition) is 2. The van der Waals surface area contributed by atoms with E-state index in [1.807, 2.05) is 42.5 Å². The van der Waals surface area contributed by atoms with Crippen LogP contribution in [0, 0.1) is 0 Å². The van der Waals surface area contributed by atoms with Gasteiger partial charge in [-0.25, -0.2) is 4.79 Å². The first-order chi connectivity index (χ1) is 10.6. The van der Waals surface area contributed by atoms with Gasteiger partial charge in [0.25, 0.3) is 0 Å². The minimum atomic E-state index is -0.950. The van der Waals surface area contributed by atoms with Crippen LogP contribution in [0.15, 0.2) is 72.8 Å². The van der Waals surface area contributed by atoms with Crippen molar-refractivity contribution in [3.63, 3.8) is 0 Å². The lowest BCUT2D eigenvalue weighted by molar-refractivity contribution is 0.0697. The molecule has 0 aliphatic carbocycles. The van der Waals surface area contributed by atoms with E-state index in [2.05, 4.69) is 0 Å². The van der Waals surface area contributed by atoms with E-state index < -0.39 is 5.97 Å². The van der Waals surface area contributed by atoms with Crippen LogP contribution in [0.3, 0.4) is 0 Å². The maximum atomic E-state index is 10.9. The minimum absolute atomic E-state index is 0.200. The van der Waals surface area contributed by atoms with Gasteiger partial charge in [0, 0.05) is 5.56 Å². The molecule has 0 aliphatic heterocycles. The molecular formula is C19H14O3. The summed E-state index contributed by atoms with van der Waals surface area (Å²) in [7, 11) is 0. The second kappa shape index (κ2) is 5.74. The predicted molar refractivity (Wildman–Crippen MR) is 85.9 cm³/mol. The van der Waals surface area contributed by atoms with E-state index in [1.165, 1.54) is 0 Å². The highest BCUT2D eigenvalue weighted by molar-refractivity contribution is 5.88. The van der Waals surface area contributed by atoms with Crippen LogP contribution in [0.1, 0.15) is 10.4 Å². The summed E-state index contributed by atoms with van der Waals surface area (Å²) in [4.78, 5) is 10.9. The molecule has 0 spiro atoms. The van der Waals surface area contributed by atoms with E-state index >= 15 is 0 Å². The Morgan fingerprint density at radius 2 is 1.36 bits per heavy atom. The molecular weight excluding hydrogens is 276 g/mol. The lowest BCUT2D eigenvalue weighted by atomic mass is 9.98. The van der Waals surface area contributed by atoms with E-state index in [9.17, 15) is 9.90 Å². The summed E-state index contributed by atoms with van der Waals surface area (Å²) >= 11 is 0. The van der Waals surface area contributed by atoms with Gasteiger partial charge >= 0.3 is 5.97 Å². The highest BCUT2D eigenvalue weighted by Crippen LogP contribution is 2.33. The molecule has 3 aromatic carbocycles. The molecule has 0 bridgehead atoms. The molecule has 2 N–H and O–H groups in total. The average molecular weight is 290 g/mol. The summed E-state index contributed by atoms with van der Waals surface area (Å²) in [5.74, 6) is -0.750. The Balaban J connectivity index is 1.96. The Morgan fingerprint density at radius 3 is 1.95 bits per heavy atom. The van der Waals surface area contributed by atoms with Crippen molar-refractivity contribution in [3.05, 3.63) is 78.4 Å². The lowest BCUT2D eigenvalue weighted by Crippen LogP contribution is -1.94. The second-order valence-corrected chi connectivity index (χ2v) is 4.98. The number of phenolic OH excluding ortho intramolecular Hbond substituents is 1. The largest absolute Gasteiger partial charge is 0.507 e. The van der Waals surface area contributed by atoms with Gasteiger partial charge in [0.2, 0.25) is 0 Å². The molecule has 0 saturated carbocycles. The number of rotatable bonds is 3.